The molecule has 2 aromatic rings. The molecule has 2 fully saturated rings. The van der Waals surface area contributed by atoms with Gasteiger partial charge in [0.1, 0.15) is 5.75 Å². The zero-order chi connectivity index (χ0) is 21.8. The van der Waals surface area contributed by atoms with E-state index in [0.29, 0.717) is 26.2 Å². The number of H-pyrrole nitrogens is 1. The van der Waals surface area contributed by atoms with Gasteiger partial charge in [-0.2, -0.15) is 0 Å². The van der Waals surface area contributed by atoms with Gasteiger partial charge in [-0.05, 0) is 37.0 Å². The fraction of sp³-hybridized carbons (Fsp3) is 0.565. The van der Waals surface area contributed by atoms with Crippen molar-refractivity contribution in [1.29, 1.82) is 0 Å². The summed E-state index contributed by atoms with van der Waals surface area (Å²) in [6, 6.07) is 5.30. The number of carbonyl (C=O) groups excluding carboxylic acids is 2. The van der Waals surface area contributed by atoms with Crippen molar-refractivity contribution in [3.63, 3.8) is 0 Å². The maximum absolute atomic E-state index is 13.0. The lowest BCUT2D eigenvalue weighted by molar-refractivity contribution is -0.141. The quantitative estimate of drug-likeness (QED) is 0.682. The topological polar surface area (TPSA) is 97.9 Å². The smallest absolute Gasteiger partial charge is 0.318 e. The van der Waals surface area contributed by atoms with Crippen LogP contribution in [0.15, 0.2) is 18.2 Å². The van der Waals surface area contributed by atoms with Crippen molar-refractivity contribution in [3.8, 4) is 5.75 Å². The van der Waals surface area contributed by atoms with E-state index in [-0.39, 0.29) is 29.9 Å². The molecule has 8 nitrogen and oxygen atoms in total. The van der Waals surface area contributed by atoms with Gasteiger partial charge in [-0.15, -0.1) is 0 Å². The van der Waals surface area contributed by atoms with E-state index in [9.17, 15) is 14.7 Å². The van der Waals surface area contributed by atoms with E-state index >= 15 is 0 Å². The van der Waals surface area contributed by atoms with E-state index in [0.717, 1.165) is 47.2 Å². The number of urea groups is 1. The molecule has 0 unspecified atom stereocenters. The summed E-state index contributed by atoms with van der Waals surface area (Å²) in [5, 5.41) is 14.3. The number of methoxy groups -OCH3 is 1. The van der Waals surface area contributed by atoms with Gasteiger partial charge in [-0.25, -0.2) is 4.79 Å². The molecule has 3 heterocycles. The predicted molar refractivity (Wildman–Crippen MR) is 116 cm³/mol. The van der Waals surface area contributed by atoms with Gasteiger partial charge in [0.05, 0.1) is 25.2 Å². The average molecular weight is 427 g/mol. The Bertz CT molecular complexity index is 1020. The molecule has 1 aromatic carbocycles. The Kier molecular flexibility index (Phi) is 4.84. The van der Waals surface area contributed by atoms with Crippen LogP contribution in [0.2, 0.25) is 0 Å². The number of hydrogen-bond acceptors (Lipinski definition) is 4. The number of fused-ring (bicyclic) bond motifs is 4. The van der Waals surface area contributed by atoms with E-state index in [1.54, 1.807) is 12.0 Å². The molecule has 1 spiro atoms. The Labute approximate surface area is 181 Å². The molecule has 1 aromatic heterocycles. The average Bonchev–Trinajstić information content (AvgIpc) is 3.54. The third kappa shape index (κ3) is 3.15. The van der Waals surface area contributed by atoms with Gasteiger partial charge in [0.15, 0.2) is 0 Å². The molecule has 3 N–H and O–H groups in total. The van der Waals surface area contributed by atoms with Crippen LogP contribution in [-0.4, -0.2) is 71.7 Å². The molecule has 1 saturated carbocycles. The summed E-state index contributed by atoms with van der Waals surface area (Å²) in [5.74, 6) is 1.17. The lowest BCUT2D eigenvalue weighted by Gasteiger charge is -2.56. The number of aliphatic hydroxyl groups is 1. The van der Waals surface area contributed by atoms with Gasteiger partial charge in [0.25, 0.3) is 0 Å². The van der Waals surface area contributed by atoms with Crippen molar-refractivity contribution in [1.82, 2.24) is 20.1 Å². The van der Waals surface area contributed by atoms with Crippen molar-refractivity contribution in [2.45, 2.75) is 37.6 Å². The van der Waals surface area contributed by atoms with Crippen LogP contribution in [0.5, 0.6) is 5.75 Å². The molecule has 1 saturated heterocycles. The number of benzene rings is 1. The standard InChI is InChI=1S/C23H30N4O4/c1-3-8-24-22(30)27-13-23(11-26(12-23)21(29)14-4-5-14)19-16-7-6-15(31-2)9-17(16)25-20(19)18(27)10-28/h6-7,9,14,18,25,28H,3-5,8,10-13H2,1-2H3,(H,24,30)/t18-/m1/s1. The van der Waals surface area contributed by atoms with Crippen molar-refractivity contribution < 1.29 is 19.4 Å². The summed E-state index contributed by atoms with van der Waals surface area (Å²) in [5.41, 5.74) is 2.58. The zero-order valence-electron chi connectivity index (χ0n) is 18.1. The van der Waals surface area contributed by atoms with E-state index in [1.165, 1.54) is 0 Å². The summed E-state index contributed by atoms with van der Waals surface area (Å²) in [4.78, 5) is 32.8. The van der Waals surface area contributed by atoms with Crippen LogP contribution in [0.3, 0.4) is 0 Å². The Morgan fingerprint density at radius 3 is 2.71 bits per heavy atom. The summed E-state index contributed by atoms with van der Waals surface area (Å²) in [7, 11) is 1.63. The normalized spacial score (nSPS) is 21.7. The molecular formula is C23H30N4O4. The first-order chi connectivity index (χ1) is 15.0. The highest BCUT2D eigenvalue weighted by Crippen LogP contribution is 2.49. The lowest BCUT2D eigenvalue weighted by Crippen LogP contribution is -2.68. The molecule has 5 rings (SSSR count). The minimum Gasteiger partial charge on any atom is -0.497 e. The molecule has 1 aliphatic carbocycles. The highest BCUT2D eigenvalue weighted by molar-refractivity contribution is 5.90. The number of carbonyl (C=O) groups is 2. The van der Waals surface area contributed by atoms with Crippen LogP contribution >= 0.6 is 0 Å². The molecule has 0 radical (unpaired) electrons. The first-order valence-electron chi connectivity index (χ1n) is 11.2. The van der Waals surface area contributed by atoms with Crippen LogP contribution in [0, 0.1) is 5.92 Å². The molecule has 3 amide bonds. The number of aromatic amines is 1. The molecule has 2 aliphatic heterocycles. The SMILES string of the molecule is CCCNC(=O)N1CC2(CN(C(=O)C3CC3)C2)c2c([nH]c3cc(OC)ccc23)[C@H]1CO. The monoisotopic (exact) mass is 426 g/mol. The minimum absolute atomic E-state index is 0.169. The number of nitrogens with one attached hydrogen (secondary N) is 2. The van der Waals surface area contributed by atoms with Crippen LogP contribution in [-0.2, 0) is 10.2 Å². The summed E-state index contributed by atoms with van der Waals surface area (Å²) >= 11 is 0. The number of nitrogens with zero attached hydrogens (tertiary/aromatic N) is 2. The number of ether oxygens (including phenoxy) is 1. The molecular weight excluding hydrogens is 396 g/mol. The number of aromatic nitrogens is 1. The summed E-state index contributed by atoms with van der Waals surface area (Å²) in [6.07, 6.45) is 2.81. The Hall–Kier alpha value is -2.74. The van der Waals surface area contributed by atoms with Crippen LogP contribution < -0.4 is 10.1 Å². The van der Waals surface area contributed by atoms with Crippen molar-refractivity contribution in [2.75, 3.05) is 39.9 Å². The molecule has 8 heteroatoms. The highest BCUT2D eigenvalue weighted by atomic mass is 16.5. The van der Waals surface area contributed by atoms with Gasteiger partial charge in [0, 0.05) is 54.8 Å². The van der Waals surface area contributed by atoms with Gasteiger partial charge in [-0.3, -0.25) is 4.79 Å². The first kappa shape index (κ1) is 20.2. The predicted octanol–water partition coefficient (Wildman–Crippen LogP) is 2.14. The Morgan fingerprint density at radius 1 is 1.29 bits per heavy atom. The van der Waals surface area contributed by atoms with Crippen LogP contribution in [0.4, 0.5) is 4.79 Å². The first-order valence-corrected chi connectivity index (χ1v) is 11.2. The fourth-order valence-corrected chi connectivity index (χ4v) is 5.24. The summed E-state index contributed by atoms with van der Waals surface area (Å²) in [6.45, 7) is 4.11. The number of rotatable bonds is 5. The van der Waals surface area contributed by atoms with Gasteiger partial charge in [-0.1, -0.05) is 6.92 Å². The van der Waals surface area contributed by atoms with E-state index in [2.05, 4.69) is 10.3 Å². The van der Waals surface area contributed by atoms with Gasteiger partial charge in [0.2, 0.25) is 5.91 Å². The molecule has 3 aliphatic rings. The summed E-state index contributed by atoms with van der Waals surface area (Å²) < 4.78 is 5.39. The number of likely N-dealkylation sites (tertiary alicyclic amines) is 1. The molecule has 31 heavy (non-hydrogen) atoms. The zero-order valence-corrected chi connectivity index (χ0v) is 18.1. The van der Waals surface area contributed by atoms with Crippen LogP contribution in [0.1, 0.15) is 43.5 Å². The Morgan fingerprint density at radius 2 is 2.06 bits per heavy atom. The van der Waals surface area contributed by atoms with Crippen molar-refractivity contribution in [2.24, 2.45) is 5.92 Å². The molecule has 1 atom stereocenters. The van der Waals surface area contributed by atoms with Gasteiger partial charge < -0.3 is 29.9 Å². The second kappa shape index (κ2) is 7.44. The second-order valence-corrected chi connectivity index (χ2v) is 9.13. The number of aliphatic hydroxyl groups excluding tert-OH is 1. The highest BCUT2D eigenvalue weighted by Gasteiger charge is 2.56. The second-order valence-electron chi connectivity index (χ2n) is 9.13. The maximum atomic E-state index is 13.0. The third-order valence-corrected chi connectivity index (χ3v) is 6.93. The van der Waals surface area contributed by atoms with Crippen molar-refractivity contribution >= 4 is 22.8 Å². The number of amides is 3. The fourth-order valence-electron chi connectivity index (χ4n) is 5.24. The van der Waals surface area contributed by atoms with Crippen LogP contribution in [0.25, 0.3) is 10.9 Å². The van der Waals surface area contributed by atoms with Crippen molar-refractivity contribution in [3.05, 3.63) is 29.5 Å². The largest absolute Gasteiger partial charge is 0.497 e. The third-order valence-electron chi connectivity index (χ3n) is 6.93. The minimum atomic E-state index is -0.455. The number of hydrogen-bond donors (Lipinski definition) is 3. The lowest BCUT2D eigenvalue weighted by atomic mass is 9.68. The maximum Gasteiger partial charge on any atom is 0.318 e. The molecule has 0 bridgehead atoms. The Balaban J connectivity index is 1.57. The molecule has 166 valence electrons. The van der Waals surface area contributed by atoms with E-state index in [4.69, 9.17) is 4.74 Å². The van der Waals surface area contributed by atoms with Gasteiger partial charge >= 0.3 is 6.03 Å². The van der Waals surface area contributed by atoms with E-state index < -0.39 is 6.04 Å². The van der Waals surface area contributed by atoms with E-state index in [1.807, 2.05) is 30.0 Å².